The van der Waals surface area contributed by atoms with Gasteiger partial charge in [-0.15, -0.1) is 0 Å². The monoisotopic (exact) mass is 1200 g/mol. The lowest BCUT2D eigenvalue weighted by molar-refractivity contribution is 1.21. The van der Waals surface area contributed by atoms with E-state index in [0.29, 0.717) is 0 Å². The van der Waals surface area contributed by atoms with Crippen LogP contribution in [0, 0.1) is 6.92 Å². The maximum atomic E-state index is 2.64. The minimum absolute atomic E-state index is 0.0870. The third-order valence-corrected chi connectivity index (χ3v) is 20.3. The average molecular weight is 1200 g/mol. The molecule has 4 aliphatic rings. The second-order valence-electron chi connectivity index (χ2n) is 24.4. The Bertz CT molecular complexity index is 5150. The maximum Gasteiger partial charge on any atom is 0.252 e. The molecule has 0 aliphatic carbocycles. The molecule has 0 unspecified atom stereocenters. The van der Waals surface area contributed by atoms with Crippen LogP contribution in [-0.4, -0.2) is 13.4 Å². The lowest BCUT2D eigenvalue weighted by Crippen LogP contribution is -2.64. The normalized spacial score (nSPS) is 12.8. The molecule has 0 atom stereocenters. The van der Waals surface area contributed by atoms with Gasteiger partial charge in [-0.3, -0.25) is 0 Å². The second kappa shape index (κ2) is 22.5. The molecule has 0 saturated carbocycles. The molecule has 14 aromatic carbocycles. The molecule has 0 aromatic heterocycles. The summed E-state index contributed by atoms with van der Waals surface area (Å²) in [4.78, 5) is 15.1. The summed E-state index contributed by atoms with van der Waals surface area (Å²) in [6.07, 6.45) is 0. The zero-order valence-corrected chi connectivity index (χ0v) is 51.9. The molecule has 0 fully saturated rings. The van der Waals surface area contributed by atoms with E-state index in [2.05, 4.69) is 371 Å². The van der Waals surface area contributed by atoms with E-state index in [1.54, 1.807) is 0 Å². The average Bonchev–Trinajstić information content (AvgIpc) is 0.693. The molecular weight excluding hydrogens is 1140 g/mol. The number of para-hydroxylation sites is 9. The third-order valence-electron chi connectivity index (χ3n) is 19.1. The second-order valence-corrected chi connectivity index (χ2v) is 25.5. The molecule has 0 saturated heterocycles. The zero-order chi connectivity index (χ0) is 61.5. The van der Waals surface area contributed by atoms with Crippen molar-refractivity contribution in [2.75, 3.05) is 24.5 Å². The summed E-state index contributed by atoms with van der Waals surface area (Å²) in [5.74, 6) is 0. The Labute approximate surface area is 548 Å². The van der Waals surface area contributed by atoms with Crippen LogP contribution in [0.4, 0.5) is 85.3 Å². The van der Waals surface area contributed by atoms with Gasteiger partial charge in [0.1, 0.15) is 0 Å². The number of hydrogen-bond donors (Lipinski definition) is 0. The van der Waals surface area contributed by atoms with Crippen molar-refractivity contribution in [2.45, 2.75) is 16.7 Å². The van der Waals surface area contributed by atoms with Gasteiger partial charge in [-0.1, -0.05) is 248 Å². The molecule has 0 spiro atoms. The van der Waals surface area contributed by atoms with E-state index in [9.17, 15) is 0 Å². The van der Waals surface area contributed by atoms with Crippen molar-refractivity contribution in [3.05, 3.63) is 345 Å². The lowest BCUT2D eigenvalue weighted by atomic mass is 9.31. The lowest BCUT2D eigenvalue weighted by Gasteiger charge is -2.46. The summed E-state index contributed by atoms with van der Waals surface area (Å²) in [6, 6.07) is 126. The van der Waals surface area contributed by atoms with Gasteiger partial charge in [0.25, 0.3) is 6.71 Å². The molecule has 14 aromatic rings. The largest absolute Gasteiger partial charge is 0.311 e. The van der Waals surface area contributed by atoms with Gasteiger partial charge in [0, 0.05) is 89.2 Å². The maximum absolute atomic E-state index is 2.64. The Kier molecular flexibility index (Phi) is 13.2. The van der Waals surface area contributed by atoms with Crippen LogP contribution in [0.1, 0.15) is 5.56 Å². The zero-order valence-electron chi connectivity index (χ0n) is 51.1. The van der Waals surface area contributed by atoms with E-state index in [0.717, 1.165) is 90.5 Å². The van der Waals surface area contributed by atoms with Gasteiger partial charge in [-0.05, 0) is 160 Å². The van der Waals surface area contributed by atoms with Crippen LogP contribution in [0.5, 0.6) is 0 Å². The minimum atomic E-state index is -0.166. The predicted molar refractivity (Wildman–Crippen MR) is 395 cm³/mol. The highest BCUT2D eigenvalue weighted by Gasteiger charge is 2.48. The van der Waals surface area contributed by atoms with Crippen LogP contribution < -0.4 is 57.3 Å². The summed E-state index contributed by atoms with van der Waals surface area (Å²) in [6.45, 7) is 2.02. The quantitative estimate of drug-likeness (QED) is 0.119. The number of aryl methyl sites for hydroxylation is 1. The molecule has 4 heterocycles. The van der Waals surface area contributed by atoms with Gasteiger partial charge in [0.05, 0.1) is 17.1 Å². The van der Waals surface area contributed by atoms with E-state index in [4.69, 9.17) is 0 Å². The standard InChI is InChI=1S/C85H59B2N5S/c1-58-30-20-25-47-73(58)91-78-57-82-72(87-69-45-23-28-50-76(69)90(64-41-18-7-19-42-64)81-54-66(55-83(93-82)85(81)87)88(61-35-12-4-13-36-61)62-37-14-5-15-38-62)56-71(78)86-70-46-24-29-51-77(70)92(75-49-27-22-44-68(75)60-33-10-3-11-34-60)80-53-65(52-79(91)84(80)86)89(63-39-16-6-17-40-63)74-48-26-21-43-67(74)59-31-8-2-9-32-59/h2-57H,1H3. The topological polar surface area (TPSA) is 16.2 Å². The van der Waals surface area contributed by atoms with Gasteiger partial charge in [-0.2, -0.15) is 0 Å². The fourth-order valence-corrected chi connectivity index (χ4v) is 16.4. The number of rotatable bonds is 11. The first-order valence-corrected chi connectivity index (χ1v) is 32.9. The fraction of sp³-hybridized carbons (Fsp3) is 0.0118. The smallest absolute Gasteiger partial charge is 0.252 e. The number of nitrogens with zero attached hydrogens (tertiary/aromatic N) is 5. The van der Waals surface area contributed by atoms with Crippen molar-refractivity contribution >= 4 is 143 Å². The fourth-order valence-electron chi connectivity index (χ4n) is 15.2. The van der Waals surface area contributed by atoms with Crippen LogP contribution in [0.15, 0.2) is 350 Å². The summed E-state index contributed by atoms with van der Waals surface area (Å²) in [5.41, 5.74) is 30.3. The van der Waals surface area contributed by atoms with Gasteiger partial charge in [-0.25, -0.2) is 0 Å². The molecule has 0 bridgehead atoms. The molecule has 93 heavy (non-hydrogen) atoms. The van der Waals surface area contributed by atoms with Crippen LogP contribution in [0.25, 0.3) is 22.3 Å². The number of anilines is 15. The van der Waals surface area contributed by atoms with Gasteiger partial charge in [0.15, 0.2) is 0 Å². The number of benzene rings is 14. The van der Waals surface area contributed by atoms with Crippen molar-refractivity contribution in [1.82, 2.24) is 0 Å². The molecule has 0 N–H and O–H groups in total. The molecule has 8 heteroatoms. The number of fused-ring (bicyclic) bond motifs is 8. The van der Waals surface area contributed by atoms with Crippen molar-refractivity contribution in [3.63, 3.8) is 0 Å². The molecule has 0 radical (unpaired) electrons. The highest BCUT2D eigenvalue weighted by molar-refractivity contribution is 8.00. The van der Waals surface area contributed by atoms with Gasteiger partial charge >= 0.3 is 0 Å². The summed E-state index contributed by atoms with van der Waals surface area (Å²) < 4.78 is 0. The SMILES string of the molecule is Cc1ccccc1N1c2cc3c(cc2B2c4ccccc4N(c4ccccc4-c4ccccc4)c4cc(N(c5ccccc5)c5ccccc5-c5ccccc5)cc1c42)B1c2ccccc2N(c2ccccc2)c2cc(N(c4ccccc4)c4ccccc4)cc(c21)S3. The van der Waals surface area contributed by atoms with Crippen LogP contribution in [0.3, 0.4) is 0 Å². The predicted octanol–water partition coefficient (Wildman–Crippen LogP) is 19.1. The Morgan fingerprint density at radius 2 is 0.699 bits per heavy atom. The molecule has 5 nitrogen and oxygen atoms in total. The molecule has 436 valence electrons. The molecule has 18 rings (SSSR count). The van der Waals surface area contributed by atoms with E-state index < -0.39 is 0 Å². The van der Waals surface area contributed by atoms with E-state index in [1.807, 2.05) is 11.8 Å². The third kappa shape index (κ3) is 8.96. The van der Waals surface area contributed by atoms with E-state index >= 15 is 0 Å². The summed E-state index contributed by atoms with van der Waals surface area (Å²) in [7, 11) is 0. The van der Waals surface area contributed by atoms with Crippen LogP contribution in [-0.2, 0) is 0 Å². The van der Waals surface area contributed by atoms with Crippen molar-refractivity contribution in [3.8, 4) is 22.3 Å². The van der Waals surface area contributed by atoms with Crippen LogP contribution in [0.2, 0.25) is 0 Å². The summed E-state index contributed by atoms with van der Waals surface area (Å²) in [5, 5.41) is 0. The van der Waals surface area contributed by atoms with Crippen molar-refractivity contribution in [2.24, 2.45) is 0 Å². The summed E-state index contributed by atoms with van der Waals surface area (Å²) >= 11 is 1.91. The Morgan fingerprint density at radius 1 is 0.269 bits per heavy atom. The Hall–Kier alpha value is -11.4. The first-order valence-electron chi connectivity index (χ1n) is 32.1. The van der Waals surface area contributed by atoms with E-state index in [-0.39, 0.29) is 13.4 Å². The van der Waals surface area contributed by atoms with Gasteiger partial charge < -0.3 is 24.5 Å². The number of hydrogen-bond acceptors (Lipinski definition) is 6. The molecular formula is C85H59B2N5S. The van der Waals surface area contributed by atoms with Crippen LogP contribution >= 0.6 is 11.8 Å². The highest BCUT2D eigenvalue weighted by atomic mass is 32.2. The minimum Gasteiger partial charge on any atom is -0.311 e. The van der Waals surface area contributed by atoms with Crippen molar-refractivity contribution in [1.29, 1.82) is 0 Å². The van der Waals surface area contributed by atoms with E-state index in [1.165, 1.54) is 65.2 Å². The van der Waals surface area contributed by atoms with Gasteiger partial charge in [0.2, 0.25) is 6.71 Å². The Balaban J connectivity index is 0.935. The molecule has 0 amide bonds. The van der Waals surface area contributed by atoms with Crippen molar-refractivity contribution < 1.29 is 0 Å². The molecule has 4 aliphatic heterocycles. The first-order chi connectivity index (χ1) is 46.1. The highest BCUT2D eigenvalue weighted by Crippen LogP contribution is 2.53. The first kappa shape index (κ1) is 54.5. The Morgan fingerprint density at radius 3 is 1.30 bits per heavy atom.